The number of hydrogen-bond acceptors (Lipinski definition) is 8. The van der Waals surface area contributed by atoms with Crippen molar-refractivity contribution in [1.29, 1.82) is 0 Å². The number of H-pyrrole nitrogens is 1. The lowest BCUT2D eigenvalue weighted by Gasteiger charge is -2.19. The fraction of sp³-hybridized carbons (Fsp3) is 0.0476. The zero-order valence-corrected chi connectivity index (χ0v) is 15.9. The van der Waals surface area contributed by atoms with Gasteiger partial charge in [-0.05, 0) is 6.07 Å². The van der Waals surface area contributed by atoms with Gasteiger partial charge in [-0.1, -0.05) is 0 Å². The van der Waals surface area contributed by atoms with Crippen LogP contribution in [0.25, 0.3) is 33.4 Å². The van der Waals surface area contributed by atoms with Crippen LogP contribution in [0.2, 0.25) is 0 Å². The van der Waals surface area contributed by atoms with E-state index >= 15 is 4.39 Å². The highest BCUT2D eigenvalue weighted by Gasteiger charge is 2.26. The Morgan fingerprint density at radius 3 is 2.74 bits per heavy atom. The summed E-state index contributed by atoms with van der Waals surface area (Å²) in [6.07, 6.45) is 12.6. The molecule has 1 aliphatic rings. The molecule has 2 N–H and O–H groups in total. The average Bonchev–Trinajstić information content (AvgIpc) is 3.49. The van der Waals surface area contributed by atoms with Gasteiger partial charge in [-0.2, -0.15) is 0 Å². The Labute approximate surface area is 174 Å². The smallest absolute Gasteiger partial charge is 0.161 e. The van der Waals surface area contributed by atoms with Crippen LogP contribution in [0.15, 0.2) is 65.3 Å². The van der Waals surface area contributed by atoms with Crippen molar-refractivity contribution in [1.82, 2.24) is 29.9 Å². The van der Waals surface area contributed by atoms with E-state index in [-0.39, 0.29) is 17.9 Å². The van der Waals surface area contributed by atoms with E-state index in [1.807, 2.05) is 6.07 Å². The molecule has 6 heterocycles. The molecule has 10 heteroatoms. The van der Waals surface area contributed by atoms with Crippen LogP contribution >= 0.6 is 0 Å². The summed E-state index contributed by atoms with van der Waals surface area (Å²) in [6, 6.07) is 1.84. The third-order valence-corrected chi connectivity index (χ3v) is 5.05. The molecule has 1 aliphatic heterocycles. The number of rotatable bonds is 3. The third kappa shape index (κ3) is 2.76. The van der Waals surface area contributed by atoms with Gasteiger partial charge >= 0.3 is 0 Å². The number of nitrogens with one attached hydrogen (secondary N) is 2. The normalized spacial score (nSPS) is 13.0. The van der Waals surface area contributed by atoms with E-state index in [2.05, 4.69) is 35.2 Å². The van der Waals surface area contributed by atoms with Gasteiger partial charge < -0.3 is 14.7 Å². The Morgan fingerprint density at radius 2 is 1.90 bits per heavy atom. The zero-order valence-electron chi connectivity index (χ0n) is 15.9. The van der Waals surface area contributed by atoms with Crippen molar-refractivity contribution in [2.75, 3.05) is 12.0 Å². The molecule has 0 aliphatic carbocycles. The average molecular weight is 412 g/mol. The van der Waals surface area contributed by atoms with Crippen LogP contribution in [-0.4, -0.2) is 42.3 Å². The van der Waals surface area contributed by atoms with E-state index in [1.165, 1.54) is 18.7 Å². The molecule has 0 radical (unpaired) electrons. The van der Waals surface area contributed by atoms with Crippen molar-refractivity contribution in [3.05, 3.63) is 73.1 Å². The first-order chi connectivity index (χ1) is 15.3. The predicted molar refractivity (Wildman–Crippen MR) is 111 cm³/mol. The Balaban J connectivity index is 1.52. The van der Waals surface area contributed by atoms with Gasteiger partial charge in [-0.25, -0.2) is 19.3 Å². The van der Waals surface area contributed by atoms with Crippen molar-refractivity contribution in [3.63, 3.8) is 0 Å². The number of anilines is 1. The maximum Gasteiger partial charge on any atom is 0.161 e. The molecule has 150 valence electrons. The number of hydrogen-bond donors (Lipinski definition) is 2. The summed E-state index contributed by atoms with van der Waals surface area (Å²) in [4.78, 5) is 28.9. The van der Waals surface area contributed by atoms with Crippen molar-refractivity contribution < 1.29 is 8.81 Å². The molecule has 9 nitrogen and oxygen atoms in total. The lowest BCUT2D eigenvalue weighted by Crippen LogP contribution is -2.20. The van der Waals surface area contributed by atoms with Crippen LogP contribution in [0.5, 0.6) is 0 Å². The first-order valence-electron chi connectivity index (χ1n) is 9.39. The number of nitrogens with zero attached hydrogens (tertiary/aromatic N) is 6. The van der Waals surface area contributed by atoms with Gasteiger partial charge in [-0.15, -0.1) is 0 Å². The van der Waals surface area contributed by atoms with E-state index in [9.17, 15) is 0 Å². The SMILES string of the molecule is Fc1c(-c2cncnc2)ncc2c1C(c1nc3c(-c4ccoc4)cncc3[nH]1)=NCN2. The summed E-state index contributed by atoms with van der Waals surface area (Å²) in [7, 11) is 0. The largest absolute Gasteiger partial charge is 0.472 e. The lowest BCUT2D eigenvalue weighted by molar-refractivity contribution is 0.568. The molecule has 0 saturated heterocycles. The second-order valence-corrected chi connectivity index (χ2v) is 6.86. The molecule has 0 saturated carbocycles. The summed E-state index contributed by atoms with van der Waals surface area (Å²) in [6.45, 7) is 0.279. The van der Waals surface area contributed by atoms with Crippen LogP contribution in [0.3, 0.4) is 0 Å². The van der Waals surface area contributed by atoms with E-state index in [4.69, 9.17) is 9.40 Å². The number of pyridine rings is 2. The standard InChI is InChI=1S/C21H13FN8O/c22-17-16-14(7-26-18(17)12-3-24-9-25-4-12)27-10-28-20(16)21-29-15-6-23-5-13(19(15)30-21)11-1-2-31-8-11/h1-9,27H,10H2,(H,29,30). The van der Waals surface area contributed by atoms with Gasteiger partial charge in [0.05, 0.1) is 41.7 Å². The monoisotopic (exact) mass is 412 g/mol. The number of halogens is 1. The van der Waals surface area contributed by atoms with Gasteiger partial charge in [-0.3, -0.25) is 15.0 Å². The molecule has 31 heavy (non-hydrogen) atoms. The maximum atomic E-state index is 15.6. The molecule has 0 atom stereocenters. The first-order valence-corrected chi connectivity index (χ1v) is 9.39. The minimum atomic E-state index is -0.521. The summed E-state index contributed by atoms with van der Waals surface area (Å²) in [5.74, 6) is -0.0808. The number of imidazole rings is 1. The molecule has 0 unspecified atom stereocenters. The molecule has 0 amide bonds. The van der Waals surface area contributed by atoms with Gasteiger partial charge in [0.15, 0.2) is 11.6 Å². The summed E-state index contributed by atoms with van der Waals surface area (Å²) in [5.41, 5.74) is 4.92. The maximum absolute atomic E-state index is 15.6. The molecule has 0 aromatic carbocycles. The Morgan fingerprint density at radius 1 is 1.00 bits per heavy atom. The van der Waals surface area contributed by atoms with Crippen LogP contribution in [0.4, 0.5) is 10.1 Å². The minimum Gasteiger partial charge on any atom is -0.472 e. The number of aromatic nitrogens is 6. The number of aromatic amines is 1. The molecule has 5 aromatic rings. The Kier molecular flexibility index (Phi) is 3.82. The highest BCUT2D eigenvalue weighted by atomic mass is 19.1. The first kappa shape index (κ1) is 17.4. The van der Waals surface area contributed by atoms with E-state index < -0.39 is 5.82 Å². The minimum absolute atomic E-state index is 0.146. The summed E-state index contributed by atoms with van der Waals surface area (Å²) < 4.78 is 20.8. The summed E-state index contributed by atoms with van der Waals surface area (Å²) >= 11 is 0. The van der Waals surface area contributed by atoms with Gasteiger partial charge in [0, 0.05) is 35.3 Å². The highest BCUT2D eigenvalue weighted by molar-refractivity contribution is 6.16. The third-order valence-electron chi connectivity index (χ3n) is 5.05. The van der Waals surface area contributed by atoms with Crippen LogP contribution in [-0.2, 0) is 0 Å². The second kappa shape index (κ2) is 6.80. The van der Waals surface area contributed by atoms with Crippen molar-refractivity contribution in [2.24, 2.45) is 4.99 Å². The molecule has 6 rings (SSSR count). The number of furan rings is 1. The molecular weight excluding hydrogens is 399 g/mol. The molecular formula is C21H13FN8O. The van der Waals surface area contributed by atoms with E-state index in [0.29, 0.717) is 33.8 Å². The summed E-state index contributed by atoms with van der Waals surface area (Å²) in [5, 5.41) is 3.06. The van der Waals surface area contributed by atoms with Crippen LogP contribution in [0, 0.1) is 5.82 Å². The highest BCUT2D eigenvalue weighted by Crippen LogP contribution is 2.32. The molecule has 0 spiro atoms. The molecule has 5 aromatic heterocycles. The van der Waals surface area contributed by atoms with Gasteiger partial charge in [0.1, 0.15) is 29.9 Å². The Bertz CT molecular complexity index is 1440. The zero-order chi connectivity index (χ0) is 20.8. The van der Waals surface area contributed by atoms with Crippen molar-refractivity contribution in [2.45, 2.75) is 0 Å². The van der Waals surface area contributed by atoms with Gasteiger partial charge in [0.25, 0.3) is 0 Å². The second-order valence-electron chi connectivity index (χ2n) is 6.86. The quantitative estimate of drug-likeness (QED) is 0.466. The van der Waals surface area contributed by atoms with Crippen molar-refractivity contribution in [3.8, 4) is 22.4 Å². The van der Waals surface area contributed by atoms with E-state index in [1.54, 1.807) is 31.1 Å². The van der Waals surface area contributed by atoms with Crippen molar-refractivity contribution >= 4 is 22.4 Å². The predicted octanol–water partition coefficient (Wildman–Crippen LogP) is 3.43. The van der Waals surface area contributed by atoms with Crippen LogP contribution in [0.1, 0.15) is 11.4 Å². The number of aliphatic imine (C=N–C) groups is 1. The van der Waals surface area contributed by atoms with Crippen LogP contribution < -0.4 is 5.32 Å². The fourth-order valence-corrected chi connectivity index (χ4v) is 3.63. The lowest BCUT2D eigenvalue weighted by atomic mass is 10.0. The van der Waals surface area contributed by atoms with Gasteiger partial charge in [0.2, 0.25) is 0 Å². The number of fused-ring (bicyclic) bond motifs is 2. The fourth-order valence-electron chi connectivity index (χ4n) is 3.63. The molecule has 0 bridgehead atoms. The molecule has 0 fully saturated rings. The Hall–Kier alpha value is -4.47. The van der Waals surface area contributed by atoms with E-state index in [0.717, 1.165) is 11.1 Å². The topological polar surface area (TPSA) is 118 Å².